The highest BCUT2D eigenvalue weighted by Gasteiger charge is 2.11. The van der Waals surface area contributed by atoms with Gasteiger partial charge in [-0.05, 0) is 38.0 Å². The minimum absolute atomic E-state index is 0.306. The van der Waals surface area contributed by atoms with Crippen molar-refractivity contribution in [2.24, 2.45) is 0 Å². The van der Waals surface area contributed by atoms with Crippen LogP contribution in [0.1, 0.15) is 18.4 Å². The number of hydrogen-bond acceptors (Lipinski definition) is 3. The predicted octanol–water partition coefficient (Wildman–Crippen LogP) is 2.21. The molecule has 1 rings (SSSR count). The molecule has 0 saturated carbocycles. The quantitative estimate of drug-likeness (QED) is 0.610. The lowest BCUT2D eigenvalue weighted by Crippen LogP contribution is -2.24. The minimum atomic E-state index is -3.38. The van der Waals surface area contributed by atoms with Crippen LogP contribution in [0.5, 0.6) is 0 Å². The number of aryl methyl sites for hydroxylation is 1. The monoisotopic (exact) mass is 269 g/mol. The van der Waals surface area contributed by atoms with Gasteiger partial charge in [-0.15, -0.1) is 0 Å². The first-order chi connectivity index (χ1) is 8.56. The van der Waals surface area contributed by atoms with Crippen LogP contribution in [0.3, 0.4) is 0 Å². The molecule has 0 fully saturated rings. The van der Waals surface area contributed by atoms with Gasteiger partial charge in [0.25, 0.3) is 0 Å². The molecule has 0 bridgehead atoms. The van der Waals surface area contributed by atoms with Crippen LogP contribution < -0.4 is 4.72 Å². The van der Waals surface area contributed by atoms with Crippen LogP contribution in [-0.4, -0.2) is 22.1 Å². The number of nitrogens with one attached hydrogen (secondary N) is 1. The summed E-state index contributed by atoms with van der Waals surface area (Å²) in [4.78, 5) is 0.306. The van der Waals surface area contributed by atoms with Gasteiger partial charge >= 0.3 is 0 Å². The average Bonchev–Trinajstić information content (AvgIpc) is 2.34. The Bertz CT molecular complexity index is 477. The first kappa shape index (κ1) is 14.7. The topological polar surface area (TPSA) is 55.4 Å². The highest BCUT2D eigenvalue weighted by Crippen LogP contribution is 2.09. The fourth-order valence-corrected chi connectivity index (χ4v) is 2.47. The van der Waals surface area contributed by atoms with Gasteiger partial charge in [0.2, 0.25) is 10.0 Å². The van der Waals surface area contributed by atoms with Crippen molar-refractivity contribution in [1.82, 2.24) is 4.72 Å². The molecule has 0 amide bonds. The van der Waals surface area contributed by atoms with Gasteiger partial charge in [0.1, 0.15) is 0 Å². The third kappa shape index (κ3) is 4.89. The first-order valence-electron chi connectivity index (χ1n) is 5.80. The van der Waals surface area contributed by atoms with E-state index in [0.29, 0.717) is 11.4 Å². The number of ether oxygens (including phenoxy) is 1. The second-order valence-electron chi connectivity index (χ2n) is 3.96. The molecule has 0 aromatic heterocycles. The summed E-state index contributed by atoms with van der Waals surface area (Å²) in [6.45, 7) is 2.34. The summed E-state index contributed by atoms with van der Waals surface area (Å²) in [6, 6.07) is 6.80. The van der Waals surface area contributed by atoms with Gasteiger partial charge in [0, 0.05) is 6.54 Å². The highest BCUT2D eigenvalue weighted by molar-refractivity contribution is 7.89. The molecular formula is C13H19NO3S. The van der Waals surface area contributed by atoms with Crippen molar-refractivity contribution in [3.05, 3.63) is 42.2 Å². The van der Waals surface area contributed by atoms with E-state index in [0.717, 1.165) is 18.4 Å². The molecule has 0 heterocycles. The van der Waals surface area contributed by atoms with Crippen molar-refractivity contribution in [2.75, 3.05) is 13.7 Å². The van der Waals surface area contributed by atoms with E-state index in [1.54, 1.807) is 37.6 Å². The third-order valence-corrected chi connectivity index (χ3v) is 3.88. The van der Waals surface area contributed by atoms with Crippen LogP contribution in [0.2, 0.25) is 0 Å². The summed E-state index contributed by atoms with van der Waals surface area (Å²) < 4.78 is 31.1. The third-order valence-electron chi connectivity index (χ3n) is 2.40. The molecule has 4 nitrogen and oxygen atoms in total. The molecule has 0 radical (unpaired) electrons. The molecule has 0 aliphatic carbocycles. The molecule has 0 spiro atoms. The Morgan fingerprint density at radius 1 is 1.28 bits per heavy atom. The molecule has 1 N–H and O–H groups in total. The molecule has 1 aromatic carbocycles. The van der Waals surface area contributed by atoms with Crippen LogP contribution in [0.25, 0.3) is 0 Å². The number of sulfonamides is 1. The standard InChI is InChI=1S/C13H19NO3S/c1-12-6-8-13(9-7-12)18(15,16)14-10-4-3-5-11-17-2/h5-9,11,14H,3-4,10H2,1-2H3/b11-5+. The zero-order valence-corrected chi connectivity index (χ0v) is 11.5. The Kier molecular flexibility index (Phi) is 5.88. The van der Waals surface area contributed by atoms with Gasteiger partial charge in [-0.1, -0.05) is 17.7 Å². The van der Waals surface area contributed by atoms with Crippen molar-refractivity contribution >= 4 is 10.0 Å². The molecule has 5 heteroatoms. The van der Waals surface area contributed by atoms with Crippen molar-refractivity contribution < 1.29 is 13.2 Å². The first-order valence-corrected chi connectivity index (χ1v) is 7.29. The van der Waals surface area contributed by atoms with E-state index in [1.165, 1.54) is 0 Å². The van der Waals surface area contributed by atoms with Crippen LogP contribution in [-0.2, 0) is 14.8 Å². The Hall–Kier alpha value is -1.33. The predicted molar refractivity (Wildman–Crippen MR) is 71.8 cm³/mol. The number of hydrogen-bond donors (Lipinski definition) is 1. The fraction of sp³-hybridized carbons (Fsp3) is 0.385. The van der Waals surface area contributed by atoms with Gasteiger partial charge < -0.3 is 4.74 Å². The zero-order valence-electron chi connectivity index (χ0n) is 10.7. The minimum Gasteiger partial charge on any atom is -0.505 e. The lowest BCUT2D eigenvalue weighted by molar-refractivity contribution is 0.336. The van der Waals surface area contributed by atoms with Crippen LogP contribution in [0.4, 0.5) is 0 Å². The number of unbranched alkanes of at least 4 members (excludes halogenated alkanes) is 1. The number of methoxy groups -OCH3 is 1. The maximum atomic E-state index is 11.9. The number of allylic oxidation sites excluding steroid dienone is 1. The number of benzene rings is 1. The van der Waals surface area contributed by atoms with Crippen LogP contribution in [0, 0.1) is 6.92 Å². The van der Waals surface area contributed by atoms with Gasteiger partial charge in [-0.25, -0.2) is 13.1 Å². The summed E-state index contributed by atoms with van der Waals surface area (Å²) in [6.07, 6.45) is 4.98. The van der Waals surface area contributed by atoms with Gasteiger partial charge in [-0.3, -0.25) is 0 Å². The van der Waals surface area contributed by atoms with E-state index >= 15 is 0 Å². The Morgan fingerprint density at radius 3 is 2.56 bits per heavy atom. The molecular weight excluding hydrogens is 250 g/mol. The van der Waals surface area contributed by atoms with E-state index in [-0.39, 0.29) is 0 Å². The summed E-state index contributed by atoms with van der Waals surface area (Å²) in [5, 5.41) is 0. The smallest absolute Gasteiger partial charge is 0.240 e. The molecule has 0 aliphatic heterocycles. The molecule has 0 aliphatic rings. The summed E-state index contributed by atoms with van der Waals surface area (Å²) in [7, 11) is -1.80. The molecule has 0 saturated heterocycles. The Balaban J connectivity index is 2.45. The van der Waals surface area contributed by atoms with Crippen LogP contribution in [0.15, 0.2) is 41.5 Å². The van der Waals surface area contributed by atoms with Gasteiger partial charge in [0.05, 0.1) is 18.3 Å². The molecule has 100 valence electrons. The Labute approximate surface area is 109 Å². The normalized spacial score (nSPS) is 11.9. The summed E-state index contributed by atoms with van der Waals surface area (Å²) in [5.74, 6) is 0. The highest BCUT2D eigenvalue weighted by atomic mass is 32.2. The number of rotatable bonds is 7. The van der Waals surface area contributed by atoms with E-state index in [1.807, 2.05) is 13.0 Å². The SMILES string of the molecule is CO/C=C/CCCNS(=O)(=O)c1ccc(C)cc1. The zero-order chi connectivity index (χ0) is 13.4. The van der Waals surface area contributed by atoms with Crippen molar-refractivity contribution in [1.29, 1.82) is 0 Å². The maximum absolute atomic E-state index is 11.9. The lowest BCUT2D eigenvalue weighted by Gasteiger charge is -2.06. The van der Waals surface area contributed by atoms with Crippen LogP contribution >= 0.6 is 0 Å². The second-order valence-corrected chi connectivity index (χ2v) is 5.73. The Morgan fingerprint density at radius 2 is 1.94 bits per heavy atom. The molecule has 1 aromatic rings. The van der Waals surface area contributed by atoms with Gasteiger partial charge in [0.15, 0.2) is 0 Å². The van der Waals surface area contributed by atoms with E-state index < -0.39 is 10.0 Å². The van der Waals surface area contributed by atoms with E-state index in [2.05, 4.69) is 4.72 Å². The molecule has 0 atom stereocenters. The lowest BCUT2D eigenvalue weighted by atomic mass is 10.2. The largest absolute Gasteiger partial charge is 0.505 e. The van der Waals surface area contributed by atoms with E-state index in [4.69, 9.17) is 4.74 Å². The fourth-order valence-electron chi connectivity index (χ4n) is 1.39. The summed E-state index contributed by atoms with van der Waals surface area (Å²) in [5.41, 5.74) is 1.04. The molecule has 0 unspecified atom stereocenters. The van der Waals surface area contributed by atoms with E-state index in [9.17, 15) is 8.42 Å². The summed E-state index contributed by atoms with van der Waals surface area (Å²) >= 11 is 0. The van der Waals surface area contributed by atoms with Crippen molar-refractivity contribution in [2.45, 2.75) is 24.7 Å². The van der Waals surface area contributed by atoms with Crippen molar-refractivity contribution in [3.8, 4) is 0 Å². The maximum Gasteiger partial charge on any atom is 0.240 e. The van der Waals surface area contributed by atoms with Crippen molar-refractivity contribution in [3.63, 3.8) is 0 Å². The van der Waals surface area contributed by atoms with Gasteiger partial charge in [-0.2, -0.15) is 0 Å². The molecule has 18 heavy (non-hydrogen) atoms. The second kappa shape index (κ2) is 7.18. The average molecular weight is 269 g/mol.